The Hall–Kier alpha value is -0.638. The van der Waals surface area contributed by atoms with Crippen molar-refractivity contribution in [3.05, 3.63) is 41.3 Å². The third-order valence-corrected chi connectivity index (χ3v) is 6.00. The van der Waals surface area contributed by atoms with Gasteiger partial charge in [0, 0.05) is 5.92 Å². The lowest BCUT2D eigenvalue weighted by Crippen LogP contribution is -2.39. The second kappa shape index (κ2) is 6.42. The summed E-state index contributed by atoms with van der Waals surface area (Å²) >= 11 is 1.02. The maximum Gasteiger partial charge on any atom is 0.258 e. The van der Waals surface area contributed by atoms with Gasteiger partial charge >= 0.3 is 0 Å². The van der Waals surface area contributed by atoms with E-state index in [9.17, 15) is 8.42 Å². The Labute approximate surface area is 128 Å². The first-order valence-corrected chi connectivity index (χ1v) is 9.26. The summed E-state index contributed by atoms with van der Waals surface area (Å²) in [6, 6.07) is 8.10. The highest BCUT2D eigenvalue weighted by atomic mass is 32.2. The van der Waals surface area contributed by atoms with Crippen LogP contribution in [0.1, 0.15) is 24.8 Å². The fourth-order valence-electron chi connectivity index (χ4n) is 2.29. The minimum atomic E-state index is -3.46. The summed E-state index contributed by atoms with van der Waals surface area (Å²) in [6.45, 7) is 6.35. The van der Waals surface area contributed by atoms with E-state index in [0.717, 1.165) is 21.9 Å². The van der Waals surface area contributed by atoms with Crippen LogP contribution in [-0.4, -0.2) is 44.0 Å². The molecule has 6 heteroatoms. The van der Waals surface area contributed by atoms with Crippen LogP contribution >= 0.6 is 0 Å². The van der Waals surface area contributed by atoms with Gasteiger partial charge in [-0.1, -0.05) is 37.8 Å². The molecule has 0 aromatic heterocycles. The second-order valence-electron chi connectivity index (χ2n) is 5.17. The zero-order chi connectivity index (χ0) is 14.8. The Morgan fingerprint density at radius 3 is 2.65 bits per heavy atom. The molecule has 1 aromatic rings. The van der Waals surface area contributed by atoms with Gasteiger partial charge in [-0.05, 0) is 12.0 Å². The van der Waals surface area contributed by atoms with E-state index in [0.29, 0.717) is 19.6 Å². The highest BCUT2D eigenvalue weighted by molar-refractivity contribution is 7.93. The first-order valence-electron chi connectivity index (χ1n) is 6.78. The molecule has 0 amide bonds. The van der Waals surface area contributed by atoms with Crippen molar-refractivity contribution in [2.45, 2.75) is 25.3 Å². The summed E-state index contributed by atoms with van der Waals surface area (Å²) in [4.78, 5) is 0.220. The van der Waals surface area contributed by atoms with Gasteiger partial charge in [-0.25, -0.2) is 13.1 Å². The number of nitrogens with one attached hydrogen (secondary N) is 1. The average molecular weight is 309 g/mol. The van der Waals surface area contributed by atoms with Crippen molar-refractivity contribution in [1.29, 1.82) is 0 Å². The third kappa shape index (κ3) is 3.52. The van der Waals surface area contributed by atoms with Gasteiger partial charge in [0.2, 0.25) is 10.0 Å². The number of rotatable bonds is 5. The minimum Gasteiger partial charge on any atom is -0.379 e. The van der Waals surface area contributed by atoms with Gasteiger partial charge in [0.1, 0.15) is 0 Å². The zero-order valence-electron chi connectivity index (χ0n) is 11.9. The molecule has 1 saturated heterocycles. The van der Waals surface area contributed by atoms with Gasteiger partial charge in [0.15, 0.2) is 0 Å². The molecule has 20 heavy (non-hydrogen) atoms. The third-order valence-electron chi connectivity index (χ3n) is 3.67. The SMILES string of the molecule is C=C(CC)S(=O)(=O)NC1COCC1c1cc[c]([AlH2])cc1. The van der Waals surface area contributed by atoms with Crippen molar-refractivity contribution in [2.24, 2.45) is 0 Å². The van der Waals surface area contributed by atoms with Crippen molar-refractivity contribution >= 4 is 30.7 Å². The topological polar surface area (TPSA) is 55.4 Å². The number of benzene rings is 1. The Balaban J connectivity index is 2.16. The molecule has 4 nitrogen and oxygen atoms in total. The summed E-state index contributed by atoms with van der Waals surface area (Å²) in [6.07, 6.45) is 0.419. The largest absolute Gasteiger partial charge is 0.379 e. The van der Waals surface area contributed by atoms with E-state index in [1.165, 1.54) is 4.43 Å². The molecule has 1 fully saturated rings. The van der Waals surface area contributed by atoms with Crippen LogP contribution in [0.2, 0.25) is 0 Å². The normalized spacial score (nSPS) is 22.9. The summed E-state index contributed by atoms with van der Waals surface area (Å²) in [5.74, 6) is 0.0664. The lowest BCUT2D eigenvalue weighted by molar-refractivity contribution is 0.189. The monoisotopic (exact) mass is 309 g/mol. The molecule has 2 unspecified atom stereocenters. The van der Waals surface area contributed by atoms with Crippen molar-refractivity contribution < 1.29 is 13.2 Å². The highest BCUT2D eigenvalue weighted by Gasteiger charge is 2.33. The summed E-state index contributed by atoms with van der Waals surface area (Å²) in [5, 5.41) is 0. The standard InChI is InChI=1S/C14H18NO3S.Al.2H/c1-3-11(2)19(16,17)15-14-10-18-9-13(14)12-7-5-4-6-8-12;;;/h5-8,13-15H,2-3,9-10H2,1H3;;;. The second-order valence-corrected chi connectivity index (χ2v) is 8.15. The van der Waals surface area contributed by atoms with E-state index >= 15 is 0 Å². The molecular weight excluding hydrogens is 289 g/mol. The van der Waals surface area contributed by atoms with E-state index in [4.69, 9.17) is 4.74 Å². The maximum atomic E-state index is 12.1. The van der Waals surface area contributed by atoms with E-state index < -0.39 is 10.0 Å². The van der Waals surface area contributed by atoms with Crippen LogP contribution in [0.15, 0.2) is 35.7 Å². The molecule has 0 radical (unpaired) electrons. The van der Waals surface area contributed by atoms with Crippen LogP contribution in [0, 0.1) is 0 Å². The Bertz CT molecular complexity index is 583. The van der Waals surface area contributed by atoms with Crippen molar-refractivity contribution in [3.63, 3.8) is 0 Å². The summed E-state index contributed by atoms with van der Waals surface area (Å²) in [5.41, 5.74) is 1.12. The van der Waals surface area contributed by atoms with E-state index in [1.54, 1.807) is 6.92 Å². The van der Waals surface area contributed by atoms with Crippen LogP contribution < -0.4 is 9.15 Å². The molecule has 0 spiro atoms. The molecule has 0 aliphatic carbocycles. The summed E-state index contributed by atoms with van der Waals surface area (Å²) in [7, 11) is -3.46. The molecule has 1 aliphatic heterocycles. The molecule has 1 aliphatic rings. The van der Waals surface area contributed by atoms with Crippen LogP contribution in [0.3, 0.4) is 0 Å². The number of sulfonamides is 1. The fourth-order valence-corrected chi connectivity index (χ4v) is 3.80. The predicted octanol–water partition coefficient (Wildman–Crippen LogP) is 0.270. The Morgan fingerprint density at radius 1 is 1.40 bits per heavy atom. The fraction of sp³-hybridized carbons (Fsp3) is 0.429. The number of ether oxygens (including phenoxy) is 1. The van der Waals surface area contributed by atoms with Gasteiger partial charge in [0.25, 0.3) is 16.3 Å². The molecule has 1 heterocycles. The predicted molar refractivity (Wildman–Crippen MR) is 83.5 cm³/mol. The van der Waals surface area contributed by atoms with Gasteiger partial charge < -0.3 is 4.74 Å². The lowest BCUT2D eigenvalue weighted by atomic mass is 9.95. The lowest BCUT2D eigenvalue weighted by Gasteiger charge is -2.20. The Kier molecular flexibility index (Phi) is 5.05. The van der Waals surface area contributed by atoms with Gasteiger partial charge in [-0.15, -0.1) is 4.43 Å². The molecule has 0 saturated carbocycles. The summed E-state index contributed by atoms with van der Waals surface area (Å²) < 4.78 is 33.7. The van der Waals surface area contributed by atoms with Crippen LogP contribution in [-0.2, 0) is 14.8 Å². The highest BCUT2D eigenvalue weighted by Crippen LogP contribution is 2.26. The van der Waals surface area contributed by atoms with Gasteiger partial charge in [-0.3, -0.25) is 0 Å². The molecular formula is C14H20AlNO3S. The average Bonchev–Trinajstić information content (AvgIpc) is 2.86. The van der Waals surface area contributed by atoms with E-state index in [2.05, 4.69) is 35.6 Å². The number of hydrogen-bond donors (Lipinski definition) is 1. The smallest absolute Gasteiger partial charge is 0.258 e. The molecule has 108 valence electrons. The molecule has 2 rings (SSSR count). The molecule has 0 bridgehead atoms. The first-order chi connectivity index (χ1) is 9.44. The Morgan fingerprint density at radius 2 is 2.05 bits per heavy atom. The van der Waals surface area contributed by atoms with Crippen LogP contribution in [0.4, 0.5) is 0 Å². The van der Waals surface area contributed by atoms with Crippen molar-refractivity contribution in [1.82, 2.24) is 4.72 Å². The molecule has 2 atom stereocenters. The molecule has 1 N–H and O–H groups in total. The number of allylic oxidation sites excluding steroid dienone is 1. The zero-order valence-corrected chi connectivity index (χ0v) is 14.7. The van der Waals surface area contributed by atoms with Gasteiger partial charge in [0.05, 0.1) is 24.2 Å². The van der Waals surface area contributed by atoms with Crippen molar-refractivity contribution in [3.8, 4) is 0 Å². The molecule has 1 aromatic carbocycles. The maximum absolute atomic E-state index is 12.1. The van der Waals surface area contributed by atoms with E-state index in [1.807, 2.05) is 0 Å². The quantitative estimate of drug-likeness (QED) is 0.795. The van der Waals surface area contributed by atoms with Crippen molar-refractivity contribution in [2.75, 3.05) is 13.2 Å². The number of hydrogen-bond acceptors (Lipinski definition) is 3. The van der Waals surface area contributed by atoms with Gasteiger partial charge in [-0.2, -0.15) is 0 Å². The van der Waals surface area contributed by atoms with Crippen LogP contribution in [0.25, 0.3) is 0 Å². The first kappa shape index (κ1) is 15.7. The van der Waals surface area contributed by atoms with Crippen LogP contribution in [0.5, 0.6) is 0 Å². The minimum absolute atomic E-state index is 0.0664. The van der Waals surface area contributed by atoms with E-state index in [-0.39, 0.29) is 16.9 Å².